The second kappa shape index (κ2) is 9.33. The lowest BCUT2D eigenvalue weighted by molar-refractivity contribution is 0.102. The highest BCUT2D eigenvalue weighted by Gasteiger charge is 2.20. The zero-order valence-corrected chi connectivity index (χ0v) is 19.7. The third kappa shape index (κ3) is 4.00. The number of phenolic OH excluding ortho intramolecular Hbond substituents is 1. The molecular weight excluding hydrogens is 480 g/mol. The van der Waals surface area contributed by atoms with Gasteiger partial charge in [0.05, 0.1) is 29.4 Å². The topological polar surface area (TPSA) is 125 Å². The Morgan fingerprint density at radius 3 is 2.58 bits per heavy atom. The Morgan fingerprint density at radius 1 is 1.00 bits per heavy atom. The van der Waals surface area contributed by atoms with Crippen LogP contribution >= 0.6 is 0 Å². The number of para-hydroxylation sites is 3. The van der Waals surface area contributed by atoms with Crippen LogP contribution in [0.2, 0.25) is 0 Å². The van der Waals surface area contributed by atoms with E-state index in [0.717, 1.165) is 11.0 Å². The number of aromatic amines is 1. The van der Waals surface area contributed by atoms with E-state index in [1.54, 1.807) is 42.5 Å². The SMILES string of the molecule is [C-]#[N+]c1cnn(-c2nc3ccccc3[nH]2)c1/N=N/c1c(O)c(C(=O)Nc2ccccc2)cc2ccccc12. The van der Waals surface area contributed by atoms with Crippen LogP contribution in [0, 0.1) is 6.57 Å². The Kier molecular flexibility index (Phi) is 5.56. The standard InChI is InChI=1S/C28H18N8O2/c1-29-23-16-30-36(28-32-21-13-7-8-14-22(21)33-28)26(23)35-34-24-19-12-6-5-9-17(19)15-20(25(24)37)27(38)31-18-10-3-2-4-11-18/h2-16,37H,(H,31,38)(H,32,33)/b35-34+. The Labute approximate surface area is 215 Å². The number of carbonyl (C=O) groups is 1. The van der Waals surface area contributed by atoms with E-state index in [1.165, 1.54) is 10.9 Å². The van der Waals surface area contributed by atoms with Crippen molar-refractivity contribution in [2.75, 3.05) is 5.32 Å². The Bertz CT molecular complexity index is 1860. The van der Waals surface area contributed by atoms with E-state index in [0.29, 0.717) is 22.4 Å². The molecule has 0 unspecified atom stereocenters. The zero-order valence-electron chi connectivity index (χ0n) is 19.7. The quantitative estimate of drug-likeness (QED) is 0.178. The van der Waals surface area contributed by atoms with E-state index in [2.05, 4.69) is 35.5 Å². The van der Waals surface area contributed by atoms with Gasteiger partial charge < -0.3 is 15.4 Å². The maximum absolute atomic E-state index is 13.1. The van der Waals surface area contributed by atoms with E-state index < -0.39 is 5.91 Å². The average Bonchev–Trinajstić information content (AvgIpc) is 3.56. The van der Waals surface area contributed by atoms with Crippen molar-refractivity contribution < 1.29 is 9.90 Å². The highest BCUT2D eigenvalue weighted by atomic mass is 16.3. The van der Waals surface area contributed by atoms with Gasteiger partial charge in [-0.25, -0.2) is 9.83 Å². The smallest absolute Gasteiger partial charge is 0.259 e. The van der Waals surface area contributed by atoms with Crippen molar-refractivity contribution >= 4 is 50.6 Å². The molecule has 0 fully saturated rings. The van der Waals surface area contributed by atoms with E-state index >= 15 is 0 Å². The second-order valence-corrected chi connectivity index (χ2v) is 8.32. The number of aromatic nitrogens is 4. The number of carbonyl (C=O) groups excluding carboxylic acids is 1. The number of fused-ring (bicyclic) bond motifs is 2. The van der Waals surface area contributed by atoms with Crippen LogP contribution in [0.1, 0.15) is 10.4 Å². The number of amides is 1. The lowest BCUT2D eigenvalue weighted by Crippen LogP contribution is -2.12. The fraction of sp³-hybridized carbons (Fsp3) is 0. The van der Waals surface area contributed by atoms with Gasteiger partial charge in [0.25, 0.3) is 11.6 Å². The van der Waals surface area contributed by atoms with Crippen LogP contribution in [0.4, 0.5) is 22.9 Å². The molecule has 0 aliphatic heterocycles. The van der Waals surface area contributed by atoms with Crippen molar-refractivity contribution in [3.05, 3.63) is 108 Å². The average molecular weight is 499 g/mol. The number of hydrogen-bond acceptors (Lipinski definition) is 6. The molecule has 1 amide bonds. The van der Waals surface area contributed by atoms with Crippen LogP contribution in [0.3, 0.4) is 0 Å². The van der Waals surface area contributed by atoms with Gasteiger partial charge in [-0.2, -0.15) is 9.78 Å². The van der Waals surface area contributed by atoms with Gasteiger partial charge in [-0.05, 0) is 35.7 Å². The molecule has 0 aliphatic carbocycles. The van der Waals surface area contributed by atoms with Gasteiger partial charge in [0.15, 0.2) is 11.6 Å². The first-order chi connectivity index (χ1) is 18.6. The number of nitrogens with zero attached hydrogens (tertiary/aromatic N) is 6. The van der Waals surface area contributed by atoms with Gasteiger partial charge in [-0.3, -0.25) is 4.79 Å². The molecule has 38 heavy (non-hydrogen) atoms. The molecule has 2 aromatic heterocycles. The lowest BCUT2D eigenvalue weighted by atomic mass is 10.0. The number of benzene rings is 4. The number of aromatic hydroxyl groups is 1. The van der Waals surface area contributed by atoms with E-state index in [1.807, 2.05) is 42.5 Å². The van der Waals surface area contributed by atoms with Crippen LogP contribution in [0.15, 0.2) is 101 Å². The van der Waals surface area contributed by atoms with Gasteiger partial charge in [0.2, 0.25) is 5.95 Å². The maximum Gasteiger partial charge on any atom is 0.259 e. The first-order valence-electron chi connectivity index (χ1n) is 11.6. The fourth-order valence-electron chi connectivity index (χ4n) is 4.11. The largest absolute Gasteiger partial charge is 0.505 e. The molecule has 10 heteroatoms. The van der Waals surface area contributed by atoms with Crippen LogP contribution in [0.25, 0.3) is 32.6 Å². The summed E-state index contributed by atoms with van der Waals surface area (Å²) in [5, 5.41) is 28.1. The first-order valence-corrected chi connectivity index (χ1v) is 11.6. The van der Waals surface area contributed by atoms with Gasteiger partial charge >= 0.3 is 0 Å². The van der Waals surface area contributed by atoms with Crippen molar-refractivity contribution in [2.45, 2.75) is 0 Å². The molecule has 6 rings (SSSR count). The zero-order chi connectivity index (χ0) is 26.1. The number of nitrogens with one attached hydrogen (secondary N) is 2. The number of hydrogen-bond donors (Lipinski definition) is 3. The normalized spacial score (nSPS) is 11.2. The summed E-state index contributed by atoms with van der Waals surface area (Å²) in [4.78, 5) is 24.3. The number of anilines is 1. The Hall–Kier alpha value is -5.82. The van der Waals surface area contributed by atoms with Crippen LogP contribution < -0.4 is 5.32 Å². The number of azo groups is 1. The van der Waals surface area contributed by atoms with Gasteiger partial charge in [0.1, 0.15) is 5.69 Å². The molecule has 0 saturated carbocycles. The third-order valence-electron chi connectivity index (χ3n) is 5.94. The summed E-state index contributed by atoms with van der Waals surface area (Å²) in [7, 11) is 0. The highest BCUT2D eigenvalue weighted by molar-refractivity contribution is 6.11. The van der Waals surface area contributed by atoms with Gasteiger partial charge in [-0.1, -0.05) is 54.6 Å². The summed E-state index contributed by atoms with van der Waals surface area (Å²) in [6.45, 7) is 7.56. The Balaban J connectivity index is 1.45. The van der Waals surface area contributed by atoms with E-state index in [9.17, 15) is 9.90 Å². The molecular formula is C28H18N8O2. The summed E-state index contributed by atoms with van der Waals surface area (Å²) in [5.74, 6) is -0.341. The molecule has 2 heterocycles. The molecule has 6 aromatic rings. The molecule has 0 aliphatic rings. The van der Waals surface area contributed by atoms with E-state index in [-0.39, 0.29) is 28.5 Å². The van der Waals surface area contributed by atoms with Crippen molar-refractivity contribution in [1.29, 1.82) is 0 Å². The number of rotatable bonds is 5. The summed E-state index contributed by atoms with van der Waals surface area (Å²) in [6.07, 6.45) is 1.37. The number of imidazole rings is 1. The Morgan fingerprint density at radius 2 is 1.76 bits per heavy atom. The van der Waals surface area contributed by atoms with Crippen molar-refractivity contribution in [1.82, 2.24) is 19.7 Å². The highest BCUT2D eigenvalue weighted by Crippen LogP contribution is 2.41. The molecule has 0 spiro atoms. The van der Waals surface area contributed by atoms with Crippen LogP contribution in [0.5, 0.6) is 5.75 Å². The molecule has 3 N–H and O–H groups in total. The maximum atomic E-state index is 13.1. The van der Waals surface area contributed by atoms with Crippen molar-refractivity contribution in [3.8, 4) is 11.7 Å². The lowest BCUT2D eigenvalue weighted by Gasteiger charge is -2.11. The molecule has 10 nitrogen and oxygen atoms in total. The molecule has 0 atom stereocenters. The van der Waals surface area contributed by atoms with Gasteiger partial charge in [0, 0.05) is 11.1 Å². The first kappa shape index (κ1) is 22.6. The predicted molar refractivity (Wildman–Crippen MR) is 144 cm³/mol. The molecule has 4 aromatic carbocycles. The molecule has 0 saturated heterocycles. The van der Waals surface area contributed by atoms with E-state index in [4.69, 9.17) is 6.57 Å². The minimum absolute atomic E-state index is 0.0395. The summed E-state index contributed by atoms with van der Waals surface area (Å²) in [5.41, 5.74) is 2.39. The van der Waals surface area contributed by atoms with Crippen molar-refractivity contribution in [3.63, 3.8) is 0 Å². The molecule has 0 radical (unpaired) electrons. The third-order valence-corrected chi connectivity index (χ3v) is 5.94. The molecule has 0 bridgehead atoms. The minimum atomic E-state index is -0.495. The predicted octanol–water partition coefficient (Wildman–Crippen LogP) is 6.83. The van der Waals surface area contributed by atoms with Gasteiger partial charge in [-0.15, -0.1) is 10.2 Å². The summed E-state index contributed by atoms with van der Waals surface area (Å²) >= 11 is 0. The van der Waals surface area contributed by atoms with Crippen molar-refractivity contribution in [2.24, 2.45) is 10.2 Å². The van der Waals surface area contributed by atoms with Crippen LogP contribution in [-0.2, 0) is 0 Å². The fourth-order valence-corrected chi connectivity index (χ4v) is 4.11. The summed E-state index contributed by atoms with van der Waals surface area (Å²) < 4.78 is 1.38. The number of H-pyrrole nitrogens is 1. The molecule has 182 valence electrons. The van der Waals surface area contributed by atoms with Crippen LogP contribution in [-0.4, -0.2) is 30.8 Å². The number of phenols is 1. The minimum Gasteiger partial charge on any atom is -0.505 e. The second-order valence-electron chi connectivity index (χ2n) is 8.32. The summed E-state index contributed by atoms with van der Waals surface area (Å²) in [6, 6.07) is 25.2. The monoisotopic (exact) mass is 498 g/mol.